The Morgan fingerprint density at radius 3 is 2.64 bits per heavy atom. The van der Waals surface area contributed by atoms with Gasteiger partial charge in [0.2, 0.25) is 0 Å². The fourth-order valence-corrected chi connectivity index (χ4v) is 5.79. The molecule has 148 valence electrons. The number of piperidine rings is 1. The molecule has 1 amide bonds. The Balaban J connectivity index is 1.42. The molecule has 0 N–H and O–H groups in total. The van der Waals surface area contributed by atoms with E-state index in [2.05, 4.69) is 0 Å². The third-order valence-corrected chi connectivity index (χ3v) is 7.45. The average Bonchev–Trinajstić information content (AvgIpc) is 3.43. The first-order chi connectivity index (χ1) is 13.7. The van der Waals surface area contributed by atoms with Crippen LogP contribution >= 0.6 is 22.7 Å². The van der Waals surface area contributed by atoms with Gasteiger partial charge in [0.25, 0.3) is 5.91 Å². The van der Waals surface area contributed by atoms with Gasteiger partial charge in [-0.3, -0.25) is 4.79 Å². The minimum absolute atomic E-state index is 0.0494. The van der Waals surface area contributed by atoms with Crippen LogP contribution in [0.25, 0.3) is 11.6 Å². The zero-order valence-electron chi connectivity index (χ0n) is 15.8. The maximum Gasteiger partial charge on any atom is 0.340 e. The number of esters is 1. The number of likely N-dealkylation sites (tertiary alicyclic amines) is 1. The van der Waals surface area contributed by atoms with Gasteiger partial charge in [0.05, 0.1) is 5.57 Å². The number of carbonyl (C=O) groups is 2. The molecule has 0 aromatic carbocycles. The summed E-state index contributed by atoms with van der Waals surface area (Å²) in [6, 6.07) is 8.08. The molecular weight excluding hydrogens is 390 g/mol. The lowest BCUT2D eigenvalue weighted by atomic mass is 9.78. The van der Waals surface area contributed by atoms with Gasteiger partial charge in [-0.25, -0.2) is 4.79 Å². The van der Waals surface area contributed by atoms with Gasteiger partial charge in [0, 0.05) is 22.3 Å². The molecule has 0 bridgehead atoms. The molecule has 2 aromatic rings. The van der Waals surface area contributed by atoms with Crippen molar-refractivity contribution >= 4 is 46.2 Å². The smallest absolute Gasteiger partial charge is 0.340 e. The highest BCUT2D eigenvalue weighted by molar-refractivity contribution is 7.12. The number of carbonyl (C=O) groups excluding carboxylic acids is 2. The van der Waals surface area contributed by atoms with Gasteiger partial charge < -0.3 is 9.64 Å². The van der Waals surface area contributed by atoms with Crippen LogP contribution in [0.1, 0.15) is 48.3 Å². The molecule has 6 heteroatoms. The molecule has 1 saturated carbocycles. The van der Waals surface area contributed by atoms with Gasteiger partial charge in [-0.2, -0.15) is 0 Å². The predicted molar refractivity (Wildman–Crippen MR) is 114 cm³/mol. The lowest BCUT2D eigenvalue weighted by Gasteiger charge is -2.44. The largest absolute Gasteiger partial charge is 0.452 e. The lowest BCUT2D eigenvalue weighted by Crippen LogP contribution is -2.50. The third kappa shape index (κ3) is 4.39. The second-order valence-electron chi connectivity index (χ2n) is 7.47. The summed E-state index contributed by atoms with van der Waals surface area (Å²) >= 11 is 3.07. The van der Waals surface area contributed by atoms with E-state index in [9.17, 15) is 9.59 Å². The van der Waals surface area contributed by atoms with Crippen LogP contribution in [0.5, 0.6) is 0 Å². The molecule has 28 heavy (non-hydrogen) atoms. The Labute approximate surface area is 173 Å². The van der Waals surface area contributed by atoms with Crippen molar-refractivity contribution < 1.29 is 14.3 Å². The topological polar surface area (TPSA) is 46.6 Å². The summed E-state index contributed by atoms with van der Waals surface area (Å²) in [4.78, 5) is 29.4. The van der Waals surface area contributed by atoms with Gasteiger partial charge in [-0.15, -0.1) is 22.7 Å². The number of nitrogens with zero attached hydrogens (tertiary/aromatic N) is 1. The molecule has 2 fully saturated rings. The molecule has 0 radical (unpaired) electrons. The second kappa shape index (κ2) is 9.05. The minimum atomic E-state index is -0.429. The van der Waals surface area contributed by atoms with Crippen molar-refractivity contribution in [3.8, 4) is 0 Å². The number of fused-ring (bicyclic) bond motifs is 1. The summed E-state index contributed by atoms with van der Waals surface area (Å²) in [6.45, 7) is 0.621. The van der Waals surface area contributed by atoms with Gasteiger partial charge in [-0.05, 0) is 60.6 Å². The van der Waals surface area contributed by atoms with Gasteiger partial charge in [0.1, 0.15) is 0 Å². The maximum atomic E-state index is 12.8. The van der Waals surface area contributed by atoms with Crippen LogP contribution in [0.4, 0.5) is 0 Å². The molecule has 0 spiro atoms. The van der Waals surface area contributed by atoms with Gasteiger partial charge in [0.15, 0.2) is 6.61 Å². The van der Waals surface area contributed by atoms with Crippen molar-refractivity contribution in [2.75, 3.05) is 13.2 Å². The van der Waals surface area contributed by atoms with Crippen LogP contribution in [0.15, 0.2) is 35.0 Å². The van der Waals surface area contributed by atoms with Crippen molar-refractivity contribution in [2.24, 2.45) is 5.92 Å². The zero-order valence-corrected chi connectivity index (χ0v) is 17.5. The standard InChI is InChI=1S/C22H25NO3S2/c24-21(23-11-3-7-16-6-1-2-9-19(16)23)15-26-22(25)18(20-10-5-13-28-20)14-17-8-4-12-27-17/h4-5,8,10,12-14,16,19H,1-3,6-7,9,11,15H2/b18-14+/t16-,19+/m1/s1. The van der Waals surface area contributed by atoms with Gasteiger partial charge in [-0.1, -0.05) is 25.0 Å². The van der Waals surface area contributed by atoms with Crippen molar-refractivity contribution in [2.45, 2.75) is 44.6 Å². The van der Waals surface area contributed by atoms with Crippen LogP contribution in [-0.2, 0) is 14.3 Å². The summed E-state index contributed by atoms with van der Waals surface area (Å²) in [6.07, 6.45) is 8.90. The number of rotatable bonds is 5. The highest BCUT2D eigenvalue weighted by atomic mass is 32.1. The van der Waals surface area contributed by atoms with Crippen molar-refractivity contribution in [3.63, 3.8) is 0 Å². The highest BCUT2D eigenvalue weighted by Crippen LogP contribution is 2.35. The van der Waals surface area contributed by atoms with E-state index in [1.165, 1.54) is 37.0 Å². The number of amides is 1. The lowest BCUT2D eigenvalue weighted by molar-refractivity contribution is -0.151. The van der Waals surface area contributed by atoms with Crippen molar-refractivity contribution in [1.29, 1.82) is 0 Å². The Bertz CT molecular complexity index is 824. The maximum absolute atomic E-state index is 12.8. The normalized spacial score (nSPS) is 22.6. The Morgan fingerprint density at radius 1 is 1.07 bits per heavy atom. The quantitative estimate of drug-likeness (QED) is 0.506. The van der Waals surface area contributed by atoms with Crippen LogP contribution in [0.3, 0.4) is 0 Å². The average molecular weight is 416 g/mol. The van der Waals surface area contributed by atoms with E-state index in [0.717, 1.165) is 29.1 Å². The van der Waals surface area contributed by atoms with Crippen LogP contribution in [-0.4, -0.2) is 36.0 Å². The summed E-state index contributed by atoms with van der Waals surface area (Å²) in [5.74, 6) is 0.149. The first-order valence-electron chi connectivity index (χ1n) is 9.98. The van der Waals surface area contributed by atoms with E-state index >= 15 is 0 Å². The molecule has 4 nitrogen and oxygen atoms in total. The highest BCUT2D eigenvalue weighted by Gasteiger charge is 2.35. The molecule has 2 aromatic heterocycles. The minimum Gasteiger partial charge on any atom is -0.452 e. The van der Waals surface area contributed by atoms with Crippen LogP contribution < -0.4 is 0 Å². The molecule has 3 heterocycles. The molecular formula is C22H25NO3S2. The van der Waals surface area contributed by atoms with E-state index in [1.807, 2.05) is 46.0 Å². The molecule has 1 aliphatic carbocycles. The molecule has 1 aliphatic heterocycles. The molecule has 2 atom stereocenters. The third-order valence-electron chi connectivity index (χ3n) is 5.73. The fourth-order valence-electron chi connectivity index (χ4n) is 4.40. The number of thiophene rings is 2. The monoisotopic (exact) mass is 415 g/mol. The second-order valence-corrected chi connectivity index (χ2v) is 9.40. The molecule has 4 rings (SSSR count). The number of hydrogen-bond donors (Lipinski definition) is 0. The van der Waals surface area contributed by atoms with Crippen LogP contribution in [0, 0.1) is 5.92 Å². The summed E-state index contributed by atoms with van der Waals surface area (Å²) in [5.41, 5.74) is 0.513. The summed E-state index contributed by atoms with van der Waals surface area (Å²) in [5, 5.41) is 3.91. The fraction of sp³-hybridized carbons (Fsp3) is 0.455. The Kier molecular flexibility index (Phi) is 6.27. The van der Waals surface area contributed by atoms with E-state index in [0.29, 0.717) is 17.5 Å². The molecule has 2 aliphatic rings. The van der Waals surface area contributed by atoms with E-state index < -0.39 is 5.97 Å². The summed E-state index contributed by atoms with van der Waals surface area (Å²) < 4.78 is 5.48. The van der Waals surface area contributed by atoms with Crippen molar-refractivity contribution in [1.82, 2.24) is 4.90 Å². The summed E-state index contributed by atoms with van der Waals surface area (Å²) in [7, 11) is 0. The Morgan fingerprint density at radius 2 is 1.86 bits per heavy atom. The number of hydrogen-bond acceptors (Lipinski definition) is 5. The van der Waals surface area contributed by atoms with E-state index in [4.69, 9.17) is 4.74 Å². The first kappa shape index (κ1) is 19.4. The van der Waals surface area contributed by atoms with E-state index in [1.54, 1.807) is 11.3 Å². The van der Waals surface area contributed by atoms with Crippen LogP contribution in [0.2, 0.25) is 0 Å². The van der Waals surface area contributed by atoms with Gasteiger partial charge >= 0.3 is 5.97 Å². The molecule has 1 saturated heterocycles. The Hall–Kier alpha value is -1.92. The molecule has 0 unspecified atom stereocenters. The SMILES string of the molecule is O=C(OCC(=O)N1CCC[C@H]2CCCC[C@@H]21)/C(=C/c1cccs1)c1cccs1. The predicted octanol–water partition coefficient (Wildman–Crippen LogP) is 5.07. The number of ether oxygens (including phenoxy) is 1. The van der Waals surface area contributed by atoms with E-state index in [-0.39, 0.29) is 12.5 Å². The van der Waals surface area contributed by atoms with Crippen molar-refractivity contribution in [3.05, 3.63) is 44.8 Å². The zero-order chi connectivity index (χ0) is 19.3. The first-order valence-corrected chi connectivity index (χ1v) is 11.7.